The summed E-state index contributed by atoms with van der Waals surface area (Å²) in [6.07, 6.45) is 0. The Labute approximate surface area is 175 Å². The number of nitrogens with zero attached hydrogens (tertiary/aromatic N) is 2. The summed E-state index contributed by atoms with van der Waals surface area (Å²) < 4.78 is 15.2. The van der Waals surface area contributed by atoms with Gasteiger partial charge < -0.3 is 16.5 Å². The van der Waals surface area contributed by atoms with E-state index in [0.29, 0.717) is 33.6 Å². The monoisotopic (exact) mass is 413 g/mol. The zero-order valence-electron chi connectivity index (χ0n) is 16.7. The molecule has 0 aliphatic carbocycles. The number of nitrogens with one attached hydrogen (secondary N) is 2. The molecule has 2 aromatic carbocycles. The van der Waals surface area contributed by atoms with Gasteiger partial charge in [0, 0.05) is 5.02 Å². The molecule has 0 aromatic heterocycles. The van der Waals surface area contributed by atoms with Crippen LogP contribution >= 0.6 is 11.6 Å². The molecule has 0 spiro atoms. The number of benzene rings is 2. The normalized spacial score (nSPS) is 17.5. The van der Waals surface area contributed by atoms with E-state index < -0.39 is 5.92 Å². The summed E-state index contributed by atoms with van der Waals surface area (Å²) in [5.41, 5.74) is 7.95. The molecule has 0 saturated carbocycles. The van der Waals surface area contributed by atoms with Crippen LogP contribution in [0.25, 0.3) is 0 Å². The van der Waals surface area contributed by atoms with Gasteiger partial charge in [-0.25, -0.2) is 14.4 Å². The van der Waals surface area contributed by atoms with Gasteiger partial charge in [-0.1, -0.05) is 56.6 Å². The molecule has 1 aliphatic rings. The standard InChI is InChI=1S/C22H25ClFN5/c1-12(2)13(3)16-5-4-6-17(19(16)24)29-22-18(21(26)27-11-28-22)20(25)14-7-9-15(23)10-8-14/h4-10,12-13,18,25H,11H2,1-3H3,(H2,26,27)(H,28,29). The lowest BCUT2D eigenvalue weighted by molar-refractivity contribution is 0.503. The molecule has 1 heterocycles. The molecule has 4 N–H and O–H groups in total. The average Bonchev–Trinajstić information content (AvgIpc) is 2.69. The largest absolute Gasteiger partial charge is 0.386 e. The topological polar surface area (TPSA) is 86.6 Å². The number of halogens is 2. The summed E-state index contributed by atoms with van der Waals surface area (Å²) in [6, 6.07) is 12.2. The van der Waals surface area contributed by atoms with Crippen LogP contribution in [0.2, 0.25) is 5.02 Å². The number of hydrogen-bond acceptors (Lipinski definition) is 5. The van der Waals surface area contributed by atoms with Crippen LogP contribution in [-0.4, -0.2) is 24.1 Å². The van der Waals surface area contributed by atoms with E-state index in [1.165, 1.54) is 0 Å². The number of hydrogen-bond donors (Lipinski definition) is 3. The van der Waals surface area contributed by atoms with Crippen molar-refractivity contribution in [2.24, 2.45) is 27.6 Å². The van der Waals surface area contributed by atoms with E-state index in [1.807, 2.05) is 13.0 Å². The molecule has 2 aromatic rings. The quantitative estimate of drug-likeness (QED) is 0.598. The zero-order valence-corrected chi connectivity index (χ0v) is 17.5. The molecule has 1 aliphatic heterocycles. The first kappa shape index (κ1) is 21.0. The molecule has 0 fully saturated rings. The lowest BCUT2D eigenvalue weighted by Gasteiger charge is -2.25. The minimum absolute atomic E-state index is 0.0693. The average molecular weight is 414 g/mol. The van der Waals surface area contributed by atoms with E-state index in [-0.39, 0.29) is 30.0 Å². The van der Waals surface area contributed by atoms with Crippen molar-refractivity contribution in [2.75, 3.05) is 12.0 Å². The van der Waals surface area contributed by atoms with E-state index in [9.17, 15) is 0 Å². The number of anilines is 1. The Kier molecular flexibility index (Phi) is 6.33. The first-order chi connectivity index (χ1) is 13.8. The highest BCUT2D eigenvalue weighted by atomic mass is 35.5. The maximum Gasteiger partial charge on any atom is 0.150 e. The molecular weight excluding hydrogens is 389 g/mol. The maximum atomic E-state index is 15.2. The Morgan fingerprint density at radius 1 is 1.17 bits per heavy atom. The van der Waals surface area contributed by atoms with Gasteiger partial charge in [-0.15, -0.1) is 0 Å². The minimum Gasteiger partial charge on any atom is -0.386 e. The fraction of sp³-hybridized carbons (Fsp3) is 0.318. The van der Waals surface area contributed by atoms with Gasteiger partial charge in [0.1, 0.15) is 30.1 Å². The number of aliphatic imine (C=N–C) groups is 2. The van der Waals surface area contributed by atoms with Gasteiger partial charge in [0.25, 0.3) is 0 Å². The SMILES string of the molecule is CC(C)C(C)c1cccc(NC2=NCN=C(N)C2C(=N)c2ccc(Cl)cc2)c1F. The lowest BCUT2D eigenvalue weighted by Crippen LogP contribution is -2.42. The first-order valence-corrected chi connectivity index (χ1v) is 9.91. The fourth-order valence-corrected chi connectivity index (χ4v) is 3.33. The summed E-state index contributed by atoms with van der Waals surface area (Å²) >= 11 is 5.95. The van der Waals surface area contributed by atoms with Crippen LogP contribution in [-0.2, 0) is 0 Å². The van der Waals surface area contributed by atoms with Crippen LogP contribution in [0.15, 0.2) is 52.4 Å². The predicted octanol–water partition coefficient (Wildman–Crippen LogP) is 5.06. The third-order valence-electron chi connectivity index (χ3n) is 5.29. The van der Waals surface area contributed by atoms with Gasteiger partial charge in [-0.2, -0.15) is 0 Å². The van der Waals surface area contributed by atoms with E-state index >= 15 is 4.39 Å². The van der Waals surface area contributed by atoms with Crippen LogP contribution < -0.4 is 11.1 Å². The second-order valence-corrected chi connectivity index (χ2v) is 7.92. The lowest BCUT2D eigenvalue weighted by atomic mass is 9.89. The van der Waals surface area contributed by atoms with Crippen LogP contribution in [0.4, 0.5) is 10.1 Å². The first-order valence-electron chi connectivity index (χ1n) is 9.53. The third kappa shape index (κ3) is 4.48. The smallest absolute Gasteiger partial charge is 0.150 e. The predicted molar refractivity (Wildman–Crippen MR) is 119 cm³/mol. The van der Waals surface area contributed by atoms with Crippen molar-refractivity contribution in [1.29, 1.82) is 5.41 Å². The molecule has 29 heavy (non-hydrogen) atoms. The van der Waals surface area contributed by atoms with Crippen molar-refractivity contribution >= 4 is 34.7 Å². The Hall–Kier alpha value is -2.73. The number of amidine groups is 2. The van der Waals surface area contributed by atoms with Crippen LogP contribution in [0.5, 0.6) is 0 Å². The van der Waals surface area contributed by atoms with Gasteiger partial charge in [0.2, 0.25) is 0 Å². The maximum absolute atomic E-state index is 15.2. The molecule has 152 valence electrons. The Morgan fingerprint density at radius 3 is 2.52 bits per heavy atom. The van der Waals surface area contributed by atoms with Crippen molar-refractivity contribution < 1.29 is 4.39 Å². The van der Waals surface area contributed by atoms with Crippen molar-refractivity contribution in [3.8, 4) is 0 Å². The molecule has 5 nitrogen and oxygen atoms in total. The number of nitrogens with two attached hydrogens (primary N) is 1. The molecule has 3 rings (SSSR count). The van der Waals surface area contributed by atoms with Crippen molar-refractivity contribution in [3.63, 3.8) is 0 Å². The number of rotatable bonds is 5. The van der Waals surface area contributed by atoms with E-state index in [4.69, 9.17) is 22.7 Å². The molecule has 2 atom stereocenters. The van der Waals surface area contributed by atoms with Crippen molar-refractivity contribution in [3.05, 3.63) is 64.4 Å². The second kappa shape index (κ2) is 8.74. The summed E-state index contributed by atoms with van der Waals surface area (Å²) in [5.74, 6) is 0.0604. The molecule has 0 radical (unpaired) electrons. The van der Waals surface area contributed by atoms with Crippen LogP contribution in [0, 0.1) is 23.1 Å². The fourth-order valence-electron chi connectivity index (χ4n) is 3.20. The van der Waals surface area contributed by atoms with Crippen LogP contribution in [0.1, 0.15) is 37.8 Å². The molecule has 7 heteroatoms. The van der Waals surface area contributed by atoms with Crippen molar-refractivity contribution in [2.45, 2.75) is 26.7 Å². The van der Waals surface area contributed by atoms with Crippen molar-refractivity contribution in [1.82, 2.24) is 0 Å². The highest BCUT2D eigenvalue weighted by Gasteiger charge is 2.29. The van der Waals surface area contributed by atoms with Gasteiger partial charge in [-0.3, -0.25) is 0 Å². The van der Waals surface area contributed by atoms with E-state index in [2.05, 4.69) is 29.1 Å². The van der Waals surface area contributed by atoms with Crippen LogP contribution in [0.3, 0.4) is 0 Å². The highest BCUT2D eigenvalue weighted by molar-refractivity contribution is 6.31. The summed E-state index contributed by atoms with van der Waals surface area (Å²) in [6.45, 7) is 6.28. The molecule has 0 saturated heterocycles. The van der Waals surface area contributed by atoms with Gasteiger partial charge >= 0.3 is 0 Å². The Bertz CT molecular complexity index is 966. The molecular formula is C22H25ClFN5. The molecule has 0 amide bonds. The van der Waals surface area contributed by atoms with Gasteiger partial charge in [0.05, 0.1) is 11.4 Å². The second-order valence-electron chi connectivity index (χ2n) is 7.49. The van der Waals surface area contributed by atoms with Gasteiger partial charge in [-0.05, 0) is 41.2 Å². The Balaban J connectivity index is 1.91. The van der Waals surface area contributed by atoms with E-state index in [1.54, 1.807) is 36.4 Å². The van der Waals surface area contributed by atoms with E-state index in [0.717, 1.165) is 0 Å². The Morgan fingerprint density at radius 2 is 1.86 bits per heavy atom. The molecule has 0 bridgehead atoms. The summed E-state index contributed by atoms with van der Waals surface area (Å²) in [7, 11) is 0. The van der Waals surface area contributed by atoms with Gasteiger partial charge in [0.15, 0.2) is 0 Å². The zero-order chi connectivity index (χ0) is 21.1. The summed E-state index contributed by atoms with van der Waals surface area (Å²) in [4.78, 5) is 8.54. The third-order valence-corrected chi connectivity index (χ3v) is 5.54. The molecule has 2 unspecified atom stereocenters. The highest BCUT2D eigenvalue weighted by Crippen LogP contribution is 2.30. The minimum atomic E-state index is -0.685. The summed E-state index contributed by atoms with van der Waals surface area (Å²) in [5, 5.41) is 12.3.